The first-order chi connectivity index (χ1) is 10.4. The number of carbonyl (C=O) groups is 2. The maximum Gasteiger partial charge on any atom is 0.376 e. The fraction of sp³-hybridized carbons (Fsp3) is 0.833. The van der Waals surface area contributed by atoms with Crippen molar-refractivity contribution in [3.63, 3.8) is 0 Å². The Morgan fingerprint density at radius 2 is 1.09 bits per heavy atom. The minimum absolute atomic E-state index is 0.147. The van der Waals surface area contributed by atoms with Gasteiger partial charge >= 0.3 is 11.8 Å². The lowest BCUT2D eigenvalue weighted by atomic mass is 10.2. The Labute approximate surface area is 128 Å². The van der Waals surface area contributed by atoms with Crippen LogP contribution in [0.25, 0.3) is 0 Å². The van der Waals surface area contributed by atoms with Gasteiger partial charge in [-0.05, 0) is 22.9 Å². The second-order valence-corrected chi connectivity index (χ2v) is 4.75. The minimum atomic E-state index is -1.48. The number of hydrazine groups is 2. The molecular weight excluding hydrogens is 296 g/mol. The van der Waals surface area contributed by atoms with Gasteiger partial charge in [-0.15, -0.1) is 0 Å². The predicted octanol–water partition coefficient (Wildman–Crippen LogP) is 1.41. The summed E-state index contributed by atoms with van der Waals surface area (Å²) in [5, 5.41) is 20.0. The van der Waals surface area contributed by atoms with Gasteiger partial charge in [0, 0.05) is 0 Å². The van der Waals surface area contributed by atoms with Crippen molar-refractivity contribution < 1.29 is 19.7 Å². The number of unbranched alkanes of at least 4 members (excludes halogenated alkanes) is 4. The van der Waals surface area contributed by atoms with Crippen LogP contribution in [0.15, 0.2) is 0 Å². The third-order valence-corrected chi connectivity index (χ3v) is 2.99. The molecule has 2 amide bonds. The number of rotatable bonds is 10. The second-order valence-electron chi connectivity index (χ2n) is 4.75. The molecule has 0 saturated heterocycles. The van der Waals surface area contributed by atoms with Gasteiger partial charge in [0.1, 0.15) is 0 Å². The molecule has 0 bridgehead atoms. The first-order valence-corrected chi connectivity index (χ1v) is 7.28. The highest BCUT2D eigenvalue weighted by Gasteiger charge is 2.38. The summed E-state index contributed by atoms with van der Waals surface area (Å²) in [7, 11) is 0. The summed E-state index contributed by atoms with van der Waals surface area (Å²) in [6.07, 6.45) is 3.58. The maximum atomic E-state index is 11.8. The molecule has 0 aliphatic carbocycles. The zero-order chi connectivity index (χ0) is 17.1. The summed E-state index contributed by atoms with van der Waals surface area (Å²) in [6, 6.07) is 0. The van der Waals surface area contributed by atoms with Gasteiger partial charge in [0.15, 0.2) is 10.1 Å². The minimum Gasteiger partial charge on any atom is -0.257 e. The molecule has 0 aliphatic rings. The molecular formula is C12H22N4O6. The summed E-state index contributed by atoms with van der Waals surface area (Å²) >= 11 is 0. The van der Waals surface area contributed by atoms with E-state index >= 15 is 0 Å². The molecule has 10 heteroatoms. The van der Waals surface area contributed by atoms with Crippen LogP contribution < -0.4 is 0 Å². The topological polar surface area (TPSA) is 127 Å². The molecule has 0 aromatic carbocycles. The Hall–Kier alpha value is -2.26. The highest BCUT2D eigenvalue weighted by molar-refractivity contribution is 6.34. The zero-order valence-corrected chi connectivity index (χ0v) is 12.9. The maximum absolute atomic E-state index is 11.8. The van der Waals surface area contributed by atoms with E-state index in [2.05, 4.69) is 0 Å². The Bertz CT molecular complexity index is 376. The summed E-state index contributed by atoms with van der Waals surface area (Å²) in [5.41, 5.74) is 0. The lowest BCUT2D eigenvalue weighted by Crippen LogP contribution is -2.50. The normalized spacial score (nSPS) is 10.1. The van der Waals surface area contributed by atoms with Crippen LogP contribution >= 0.6 is 0 Å². The SMILES string of the molecule is CCCCCN(C(=O)C(=O)N(CCCCC)[N+](=O)[O-])[N+](=O)[O-]. The van der Waals surface area contributed by atoms with Crippen molar-refractivity contribution in [2.75, 3.05) is 13.1 Å². The van der Waals surface area contributed by atoms with Gasteiger partial charge in [-0.2, -0.15) is 0 Å². The summed E-state index contributed by atoms with van der Waals surface area (Å²) in [5.74, 6) is -2.95. The van der Waals surface area contributed by atoms with Crippen molar-refractivity contribution >= 4 is 11.8 Å². The van der Waals surface area contributed by atoms with E-state index in [1.165, 1.54) is 0 Å². The summed E-state index contributed by atoms with van der Waals surface area (Å²) in [6.45, 7) is 3.27. The van der Waals surface area contributed by atoms with Gasteiger partial charge in [0.2, 0.25) is 0 Å². The number of amides is 2. The monoisotopic (exact) mass is 318 g/mol. The van der Waals surface area contributed by atoms with Crippen molar-refractivity contribution in [2.24, 2.45) is 0 Å². The average Bonchev–Trinajstić information content (AvgIpc) is 2.46. The number of nitrogens with zero attached hydrogens (tertiary/aromatic N) is 4. The van der Waals surface area contributed by atoms with Crippen LogP contribution in [0.4, 0.5) is 0 Å². The van der Waals surface area contributed by atoms with Crippen molar-refractivity contribution in [1.29, 1.82) is 0 Å². The molecule has 0 aromatic rings. The van der Waals surface area contributed by atoms with Crippen LogP contribution in [-0.4, -0.2) is 45.0 Å². The van der Waals surface area contributed by atoms with Crippen LogP contribution in [0, 0.1) is 20.2 Å². The second kappa shape index (κ2) is 10.5. The zero-order valence-electron chi connectivity index (χ0n) is 12.9. The van der Waals surface area contributed by atoms with Gasteiger partial charge < -0.3 is 0 Å². The predicted molar refractivity (Wildman–Crippen MR) is 76.5 cm³/mol. The number of carbonyl (C=O) groups excluding carboxylic acids is 2. The van der Waals surface area contributed by atoms with Crippen molar-refractivity contribution in [2.45, 2.75) is 52.4 Å². The van der Waals surface area contributed by atoms with E-state index in [0.717, 1.165) is 12.8 Å². The van der Waals surface area contributed by atoms with Crippen LogP contribution in [0.2, 0.25) is 0 Å². The number of nitro groups is 2. The molecule has 0 radical (unpaired) electrons. The highest BCUT2D eigenvalue weighted by Crippen LogP contribution is 2.04. The molecule has 0 fully saturated rings. The molecule has 0 rings (SSSR count). The molecule has 22 heavy (non-hydrogen) atoms. The summed E-state index contributed by atoms with van der Waals surface area (Å²) < 4.78 is 0. The third-order valence-electron chi connectivity index (χ3n) is 2.99. The van der Waals surface area contributed by atoms with Crippen LogP contribution in [0.3, 0.4) is 0 Å². The largest absolute Gasteiger partial charge is 0.376 e. The van der Waals surface area contributed by atoms with Crippen LogP contribution in [0.1, 0.15) is 52.4 Å². The molecule has 0 aliphatic heterocycles. The van der Waals surface area contributed by atoms with E-state index in [1.807, 2.05) is 13.8 Å². The molecule has 0 N–H and O–H groups in total. The smallest absolute Gasteiger partial charge is 0.257 e. The first kappa shape index (κ1) is 19.7. The highest BCUT2D eigenvalue weighted by atomic mass is 16.7. The summed E-state index contributed by atoms with van der Waals surface area (Å²) in [4.78, 5) is 45.4. The van der Waals surface area contributed by atoms with Crippen molar-refractivity contribution in [3.05, 3.63) is 20.2 Å². The Morgan fingerprint density at radius 1 is 0.773 bits per heavy atom. The third kappa shape index (κ3) is 6.46. The van der Waals surface area contributed by atoms with Crippen molar-refractivity contribution in [3.8, 4) is 0 Å². The quantitative estimate of drug-likeness (QED) is 0.259. The molecule has 0 heterocycles. The standard InChI is InChI=1S/C12H22N4O6/c1-3-5-7-9-13(15(19)20)11(17)12(18)14(16(21)22)10-8-6-4-2/h3-10H2,1-2H3. The Morgan fingerprint density at radius 3 is 1.32 bits per heavy atom. The molecule has 126 valence electrons. The molecule has 0 atom stereocenters. The van der Waals surface area contributed by atoms with Gasteiger partial charge in [0.25, 0.3) is 0 Å². The van der Waals surface area contributed by atoms with E-state index in [9.17, 15) is 29.8 Å². The van der Waals surface area contributed by atoms with Gasteiger partial charge in [-0.1, -0.05) is 39.5 Å². The molecule has 0 aromatic heterocycles. The van der Waals surface area contributed by atoms with Crippen LogP contribution in [0.5, 0.6) is 0 Å². The molecule has 0 spiro atoms. The van der Waals surface area contributed by atoms with E-state index in [4.69, 9.17) is 0 Å². The van der Waals surface area contributed by atoms with Gasteiger partial charge in [-0.3, -0.25) is 9.59 Å². The average molecular weight is 318 g/mol. The molecule has 0 saturated carbocycles. The first-order valence-electron chi connectivity index (χ1n) is 7.28. The lowest BCUT2D eigenvalue weighted by Gasteiger charge is -2.15. The molecule has 10 nitrogen and oxygen atoms in total. The van der Waals surface area contributed by atoms with E-state index < -0.39 is 21.9 Å². The number of hydrogen-bond acceptors (Lipinski definition) is 6. The van der Waals surface area contributed by atoms with E-state index in [0.29, 0.717) is 25.7 Å². The Kier molecular flexibility index (Phi) is 9.39. The molecule has 0 unspecified atom stereocenters. The van der Waals surface area contributed by atoms with Gasteiger partial charge in [-0.25, -0.2) is 20.2 Å². The van der Waals surface area contributed by atoms with E-state index in [1.54, 1.807) is 0 Å². The van der Waals surface area contributed by atoms with Gasteiger partial charge in [0.05, 0.1) is 13.1 Å². The fourth-order valence-electron chi connectivity index (χ4n) is 1.76. The number of hydrogen-bond donors (Lipinski definition) is 0. The Balaban J connectivity index is 4.88. The fourth-order valence-corrected chi connectivity index (χ4v) is 1.76. The van der Waals surface area contributed by atoms with E-state index in [-0.39, 0.29) is 23.1 Å². The van der Waals surface area contributed by atoms with Crippen molar-refractivity contribution in [1.82, 2.24) is 10.0 Å². The lowest BCUT2D eigenvalue weighted by molar-refractivity contribution is -0.641. The van der Waals surface area contributed by atoms with Crippen LogP contribution in [-0.2, 0) is 9.59 Å².